The number of sulfonamides is 1. The lowest BCUT2D eigenvalue weighted by Crippen LogP contribution is -2.54. The monoisotopic (exact) mass is 587 g/mol. The van der Waals surface area contributed by atoms with E-state index in [1.165, 1.54) is 0 Å². The van der Waals surface area contributed by atoms with Crippen molar-refractivity contribution in [3.05, 3.63) is 71.8 Å². The van der Waals surface area contributed by atoms with Crippen molar-refractivity contribution in [2.45, 2.75) is 34.4 Å². The number of halogens is 9. The number of benzene rings is 2. The van der Waals surface area contributed by atoms with Crippen LogP contribution in [-0.2, 0) is 26.3 Å². The first-order valence-corrected chi connectivity index (χ1v) is 12.9. The van der Waals surface area contributed by atoms with Crippen molar-refractivity contribution in [2.75, 3.05) is 0 Å². The average Bonchev–Trinajstić information content (AvgIpc) is 2.75. The smallest absolute Gasteiger partial charge is 0.243 e. The lowest BCUT2D eigenvalue weighted by molar-refractivity contribution is -0.442. The molecule has 0 heterocycles. The molecule has 0 saturated carbocycles. The second-order valence-electron chi connectivity index (χ2n) is 6.53. The maximum atomic E-state index is 14.2. The van der Waals surface area contributed by atoms with E-state index in [2.05, 4.69) is 20.7 Å². The minimum Gasteiger partial charge on any atom is -0.243 e. The van der Waals surface area contributed by atoms with Crippen molar-refractivity contribution in [3.8, 4) is 0 Å². The predicted octanol–water partition coefficient (Wildman–Crippen LogP) is 7.17. The van der Waals surface area contributed by atoms with Gasteiger partial charge in [0.25, 0.3) is 0 Å². The number of rotatable bonds is 10. The molecule has 0 saturated heterocycles. The van der Waals surface area contributed by atoms with E-state index in [0.717, 1.165) is 0 Å². The van der Waals surface area contributed by atoms with Crippen molar-refractivity contribution in [1.29, 1.82) is 0 Å². The molecule has 0 amide bonds. The lowest BCUT2D eigenvalue weighted by atomic mass is 10.2. The summed E-state index contributed by atoms with van der Waals surface area (Å²) in [5.41, 5.74) is 1.18. The molecule has 0 radical (unpaired) electrons. The fourth-order valence-corrected chi connectivity index (χ4v) is 5.47. The Bertz CT molecular complexity index is 1070. The molecule has 2 aromatic rings. The number of thioether (sulfide) groups is 2. The Morgan fingerprint density at radius 3 is 1.54 bits per heavy atom. The molecule has 0 N–H and O–H groups in total. The van der Waals surface area contributed by atoms with Crippen LogP contribution in [0.3, 0.4) is 0 Å². The van der Waals surface area contributed by atoms with Crippen LogP contribution in [0, 0.1) is 0 Å². The van der Waals surface area contributed by atoms with Gasteiger partial charge in [0.15, 0.2) is 0 Å². The van der Waals surface area contributed by atoms with Gasteiger partial charge in [0.2, 0.25) is 0 Å². The Kier molecular flexibility index (Phi) is 9.53. The highest BCUT2D eigenvalue weighted by Crippen LogP contribution is 2.48. The minimum atomic E-state index is -6.63. The van der Waals surface area contributed by atoms with E-state index < -0.39 is 37.3 Å². The predicted molar refractivity (Wildman–Crippen MR) is 119 cm³/mol. The summed E-state index contributed by atoms with van der Waals surface area (Å²) in [5, 5.41) is -12.3. The Balaban J connectivity index is 2.36. The van der Waals surface area contributed by atoms with E-state index >= 15 is 0 Å². The van der Waals surface area contributed by atoms with Gasteiger partial charge in [-0.2, -0.15) is 43.5 Å². The second kappa shape index (κ2) is 11.2. The Labute approximate surface area is 208 Å². The van der Waals surface area contributed by atoms with Crippen molar-refractivity contribution < 1.29 is 48.3 Å². The zero-order valence-electron chi connectivity index (χ0n) is 17.0. The molecule has 0 aliphatic heterocycles. The molecule has 0 bridgehead atoms. The van der Waals surface area contributed by atoms with E-state index in [4.69, 9.17) is 0 Å². The molecular formula is C19H14ClF8NO3S3. The molecule has 4 nitrogen and oxygen atoms in total. The summed E-state index contributed by atoms with van der Waals surface area (Å²) in [6.07, 6.45) is -13.0. The topological polar surface area (TPSA) is 55.7 Å². The van der Waals surface area contributed by atoms with E-state index in [1.807, 2.05) is 0 Å². The Morgan fingerprint density at radius 1 is 0.771 bits per heavy atom. The lowest BCUT2D eigenvalue weighted by Gasteiger charge is -2.29. The van der Waals surface area contributed by atoms with Crippen molar-refractivity contribution in [2.24, 2.45) is 4.40 Å². The van der Waals surface area contributed by atoms with Gasteiger partial charge in [-0.15, -0.1) is 4.40 Å². The van der Waals surface area contributed by atoms with Crippen molar-refractivity contribution >= 4 is 49.5 Å². The van der Waals surface area contributed by atoms with Crippen molar-refractivity contribution in [1.82, 2.24) is 0 Å². The van der Waals surface area contributed by atoms with E-state index in [1.54, 1.807) is 60.7 Å². The molecule has 0 spiro atoms. The quantitative estimate of drug-likeness (QED) is 0.128. The number of ether oxygens (including phenoxy) is 1. The van der Waals surface area contributed by atoms with Crippen molar-refractivity contribution in [3.63, 3.8) is 0 Å². The molecule has 0 unspecified atom stereocenters. The van der Waals surface area contributed by atoms with Gasteiger partial charge in [0, 0.05) is 11.5 Å². The SMILES string of the molecule is O=S(=O)(N=C(SCc1ccccc1)SCc1ccccc1)C(F)(F)C(F)(F)OC(F)(F)C(F)(F)Cl. The number of nitrogens with zero attached hydrogens (tertiary/aromatic N) is 1. The fourth-order valence-electron chi connectivity index (χ4n) is 2.12. The van der Waals surface area contributed by atoms with Gasteiger partial charge in [-0.05, 0) is 22.7 Å². The summed E-state index contributed by atoms with van der Waals surface area (Å²) in [6, 6.07) is 16.2. The van der Waals surface area contributed by atoms with Crippen LogP contribution in [0.1, 0.15) is 11.1 Å². The van der Waals surface area contributed by atoms with Gasteiger partial charge in [-0.3, -0.25) is 0 Å². The fraction of sp³-hybridized carbons (Fsp3) is 0.316. The number of hydrogen-bond acceptors (Lipinski definition) is 5. The highest BCUT2D eigenvalue weighted by molar-refractivity contribution is 8.38. The summed E-state index contributed by atoms with van der Waals surface area (Å²) >= 11 is 5.09. The average molecular weight is 588 g/mol. The molecule has 2 aromatic carbocycles. The summed E-state index contributed by atoms with van der Waals surface area (Å²) in [5.74, 6) is -0.0437. The maximum Gasteiger partial charge on any atom is 0.455 e. The van der Waals surface area contributed by atoms with Gasteiger partial charge in [0.1, 0.15) is 4.38 Å². The summed E-state index contributed by atoms with van der Waals surface area (Å²) in [6.45, 7) is 0. The standard InChI is InChI=1S/C19H14ClF8NO3S3/c20-16(21,22)17(23,24)32-18(25,26)19(27,28)35(30,31)29-15(33-11-13-7-3-1-4-8-13)34-12-14-9-5-2-6-10-14/h1-10H,11-12H2. The molecule has 0 aliphatic carbocycles. The highest BCUT2D eigenvalue weighted by Gasteiger charge is 2.74. The van der Waals surface area contributed by atoms with Crippen LogP contribution in [0.5, 0.6) is 0 Å². The van der Waals surface area contributed by atoms with Crippen LogP contribution in [-0.4, -0.2) is 35.6 Å². The first-order valence-electron chi connectivity index (χ1n) is 9.07. The molecular weight excluding hydrogens is 574 g/mol. The number of alkyl halides is 9. The van der Waals surface area contributed by atoms with Gasteiger partial charge in [-0.1, -0.05) is 84.2 Å². The largest absolute Gasteiger partial charge is 0.455 e. The van der Waals surface area contributed by atoms with Crippen LogP contribution >= 0.6 is 35.1 Å². The molecule has 2 rings (SSSR count). The van der Waals surface area contributed by atoms with Crippen LogP contribution in [0.15, 0.2) is 65.1 Å². The normalized spacial score (nSPS) is 13.5. The van der Waals surface area contributed by atoms with E-state index in [-0.39, 0.29) is 11.5 Å². The Hall–Kier alpha value is -1.55. The third-order valence-electron chi connectivity index (χ3n) is 3.85. The molecule has 16 heteroatoms. The summed E-state index contributed by atoms with van der Waals surface area (Å²) in [4.78, 5) is 0. The van der Waals surface area contributed by atoms with E-state index in [9.17, 15) is 43.5 Å². The first kappa shape index (κ1) is 29.7. The summed E-state index contributed by atoms with van der Waals surface area (Å²) < 4.78 is 136. The molecule has 0 aromatic heterocycles. The van der Waals surface area contributed by atoms with Gasteiger partial charge in [0.05, 0.1) is 0 Å². The van der Waals surface area contributed by atoms with Crippen LogP contribution < -0.4 is 0 Å². The molecule has 0 aliphatic rings. The van der Waals surface area contributed by atoms with Gasteiger partial charge < -0.3 is 0 Å². The number of hydrogen-bond donors (Lipinski definition) is 0. The third kappa shape index (κ3) is 7.71. The first-order chi connectivity index (χ1) is 16.0. The molecule has 0 atom stereocenters. The molecule has 194 valence electrons. The van der Waals surface area contributed by atoms with Crippen LogP contribution in [0.4, 0.5) is 35.1 Å². The molecule has 0 fully saturated rings. The molecule has 35 heavy (non-hydrogen) atoms. The summed E-state index contributed by atoms with van der Waals surface area (Å²) in [7, 11) is -6.63. The van der Waals surface area contributed by atoms with Crippen LogP contribution in [0.2, 0.25) is 0 Å². The van der Waals surface area contributed by atoms with Gasteiger partial charge in [-0.25, -0.2) is 4.74 Å². The zero-order valence-corrected chi connectivity index (χ0v) is 20.2. The zero-order chi connectivity index (χ0) is 26.5. The second-order valence-corrected chi connectivity index (χ2v) is 10.8. The Morgan fingerprint density at radius 2 is 1.17 bits per heavy atom. The third-order valence-corrected chi connectivity index (χ3v) is 7.95. The highest BCUT2D eigenvalue weighted by atomic mass is 35.5. The maximum absolute atomic E-state index is 14.2. The van der Waals surface area contributed by atoms with E-state index in [0.29, 0.717) is 34.7 Å². The van der Waals surface area contributed by atoms with Crippen LogP contribution in [0.25, 0.3) is 0 Å². The van der Waals surface area contributed by atoms with Gasteiger partial charge >= 0.3 is 32.9 Å². The minimum absolute atomic E-state index is 0.0218.